The average molecular weight is 292 g/mol. The Kier molecular flexibility index (Phi) is 5.12. The topological polar surface area (TPSA) is 62.7 Å². The molecule has 5 nitrogen and oxygen atoms in total. The first-order valence-electron chi connectivity index (χ1n) is 6.57. The van der Waals surface area contributed by atoms with Crippen LogP contribution in [0.2, 0.25) is 5.28 Å². The number of benzene rings is 1. The second-order valence-corrected chi connectivity index (χ2v) is 4.91. The van der Waals surface area contributed by atoms with Crippen LogP contribution in [0.25, 0.3) is 0 Å². The first kappa shape index (κ1) is 14.5. The van der Waals surface area contributed by atoms with Gasteiger partial charge in [-0.25, -0.2) is 0 Å². The van der Waals surface area contributed by atoms with Crippen LogP contribution in [0.1, 0.15) is 18.9 Å². The molecule has 106 valence electrons. The quantitative estimate of drug-likeness (QED) is 0.856. The standard InChI is InChI=1S/C14H18ClN5/c1-10(8-9-11-6-4-3-5-7-11)17-14-19-12(15)18-13(16-2)20-14/h3-7,10H,8-9H2,1-2H3,(H2,16,17,18,19,20). The molecule has 0 aliphatic rings. The van der Waals surface area contributed by atoms with Crippen molar-refractivity contribution in [3.8, 4) is 0 Å². The highest BCUT2D eigenvalue weighted by atomic mass is 35.5. The fourth-order valence-electron chi connectivity index (χ4n) is 1.85. The van der Waals surface area contributed by atoms with Gasteiger partial charge in [0, 0.05) is 13.1 Å². The van der Waals surface area contributed by atoms with E-state index in [1.54, 1.807) is 7.05 Å². The monoisotopic (exact) mass is 291 g/mol. The number of rotatable bonds is 6. The van der Waals surface area contributed by atoms with Crippen molar-refractivity contribution in [1.82, 2.24) is 15.0 Å². The second kappa shape index (κ2) is 7.05. The summed E-state index contributed by atoms with van der Waals surface area (Å²) in [5.41, 5.74) is 1.32. The Balaban J connectivity index is 1.91. The minimum absolute atomic E-state index is 0.183. The summed E-state index contributed by atoms with van der Waals surface area (Å²) in [5, 5.41) is 6.28. The number of aromatic nitrogens is 3. The van der Waals surface area contributed by atoms with Gasteiger partial charge in [-0.3, -0.25) is 0 Å². The molecule has 2 aromatic rings. The molecule has 6 heteroatoms. The zero-order chi connectivity index (χ0) is 14.4. The van der Waals surface area contributed by atoms with E-state index in [0.29, 0.717) is 11.9 Å². The summed E-state index contributed by atoms with van der Waals surface area (Å²) in [6.07, 6.45) is 1.99. The van der Waals surface area contributed by atoms with E-state index in [1.165, 1.54) is 5.56 Å². The number of nitrogens with zero attached hydrogens (tertiary/aromatic N) is 3. The summed E-state index contributed by atoms with van der Waals surface area (Å²) in [6.45, 7) is 2.10. The van der Waals surface area contributed by atoms with Gasteiger partial charge in [0.05, 0.1) is 0 Å². The smallest absolute Gasteiger partial charge is 0.229 e. The number of aryl methyl sites for hydroxylation is 1. The Hall–Kier alpha value is -1.88. The maximum Gasteiger partial charge on any atom is 0.229 e. The number of hydrogen-bond acceptors (Lipinski definition) is 5. The molecule has 0 saturated heterocycles. The van der Waals surface area contributed by atoms with E-state index in [-0.39, 0.29) is 11.3 Å². The molecule has 1 aromatic carbocycles. The first-order chi connectivity index (χ1) is 9.67. The van der Waals surface area contributed by atoms with Crippen molar-refractivity contribution in [1.29, 1.82) is 0 Å². The molecular weight excluding hydrogens is 274 g/mol. The Labute approximate surface area is 123 Å². The van der Waals surface area contributed by atoms with Gasteiger partial charge in [-0.1, -0.05) is 30.3 Å². The normalized spacial score (nSPS) is 11.9. The lowest BCUT2D eigenvalue weighted by Crippen LogP contribution is -2.18. The summed E-state index contributed by atoms with van der Waals surface area (Å²) in [7, 11) is 1.74. The molecule has 0 spiro atoms. The van der Waals surface area contributed by atoms with Crippen LogP contribution in [0.4, 0.5) is 11.9 Å². The van der Waals surface area contributed by atoms with Gasteiger partial charge in [0.2, 0.25) is 17.2 Å². The van der Waals surface area contributed by atoms with Crippen LogP contribution < -0.4 is 10.6 Å². The molecule has 0 radical (unpaired) electrons. The van der Waals surface area contributed by atoms with Gasteiger partial charge < -0.3 is 10.6 Å². The van der Waals surface area contributed by atoms with Crippen molar-refractivity contribution >= 4 is 23.5 Å². The molecule has 20 heavy (non-hydrogen) atoms. The molecule has 0 fully saturated rings. The van der Waals surface area contributed by atoms with Crippen LogP contribution in [-0.4, -0.2) is 28.0 Å². The maximum absolute atomic E-state index is 5.84. The summed E-state index contributed by atoms with van der Waals surface area (Å²) >= 11 is 5.84. The third-order valence-electron chi connectivity index (χ3n) is 2.92. The molecule has 0 saturated carbocycles. The first-order valence-corrected chi connectivity index (χ1v) is 6.95. The molecule has 1 heterocycles. The minimum Gasteiger partial charge on any atom is -0.357 e. The fourth-order valence-corrected chi connectivity index (χ4v) is 2.01. The van der Waals surface area contributed by atoms with Gasteiger partial charge in [-0.05, 0) is 36.9 Å². The van der Waals surface area contributed by atoms with Crippen molar-refractivity contribution in [2.45, 2.75) is 25.8 Å². The molecular formula is C14H18ClN5. The van der Waals surface area contributed by atoms with Crippen molar-refractivity contribution in [3.63, 3.8) is 0 Å². The molecule has 0 aliphatic carbocycles. The lowest BCUT2D eigenvalue weighted by molar-refractivity contribution is 0.698. The number of anilines is 2. The van der Waals surface area contributed by atoms with Crippen LogP contribution in [0.15, 0.2) is 30.3 Å². The molecule has 0 aliphatic heterocycles. The third-order valence-corrected chi connectivity index (χ3v) is 3.09. The molecule has 2 N–H and O–H groups in total. The van der Waals surface area contributed by atoms with Crippen molar-refractivity contribution in [3.05, 3.63) is 41.2 Å². The maximum atomic E-state index is 5.84. The van der Waals surface area contributed by atoms with Gasteiger partial charge in [0.15, 0.2) is 0 Å². The van der Waals surface area contributed by atoms with Gasteiger partial charge >= 0.3 is 0 Å². The zero-order valence-electron chi connectivity index (χ0n) is 11.6. The predicted molar refractivity (Wildman–Crippen MR) is 82.2 cm³/mol. The molecule has 1 aromatic heterocycles. The zero-order valence-corrected chi connectivity index (χ0v) is 12.4. The van der Waals surface area contributed by atoms with Gasteiger partial charge in [-0.2, -0.15) is 15.0 Å². The number of hydrogen-bond donors (Lipinski definition) is 2. The fraction of sp³-hybridized carbons (Fsp3) is 0.357. The Morgan fingerprint density at radius 1 is 1.10 bits per heavy atom. The van der Waals surface area contributed by atoms with E-state index in [9.17, 15) is 0 Å². The number of nitrogens with one attached hydrogen (secondary N) is 2. The van der Waals surface area contributed by atoms with E-state index < -0.39 is 0 Å². The van der Waals surface area contributed by atoms with Crippen LogP contribution in [0, 0.1) is 0 Å². The van der Waals surface area contributed by atoms with Crippen LogP contribution >= 0.6 is 11.6 Å². The van der Waals surface area contributed by atoms with E-state index in [1.807, 2.05) is 6.07 Å². The Bertz CT molecular complexity index is 547. The van der Waals surface area contributed by atoms with E-state index >= 15 is 0 Å². The van der Waals surface area contributed by atoms with Gasteiger partial charge in [-0.15, -0.1) is 0 Å². The highest BCUT2D eigenvalue weighted by molar-refractivity contribution is 6.28. The Morgan fingerprint density at radius 2 is 1.80 bits per heavy atom. The molecule has 1 unspecified atom stereocenters. The molecule has 0 amide bonds. The highest BCUT2D eigenvalue weighted by Crippen LogP contribution is 2.12. The number of halogens is 1. The highest BCUT2D eigenvalue weighted by Gasteiger charge is 2.07. The lowest BCUT2D eigenvalue weighted by Gasteiger charge is -2.14. The van der Waals surface area contributed by atoms with Crippen LogP contribution in [0.3, 0.4) is 0 Å². The van der Waals surface area contributed by atoms with Crippen molar-refractivity contribution < 1.29 is 0 Å². The van der Waals surface area contributed by atoms with Gasteiger partial charge in [0.25, 0.3) is 0 Å². The SMILES string of the molecule is CNc1nc(Cl)nc(NC(C)CCc2ccccc2)n1. The predicted octanol–water partition coefficient (Wildman–Crippen LogP) is 3.00. The van der Waals surface area contributed by atoms with Crippen molar-refractivity contribution in [2.75, 3.05) is 17.7 Å². The summed E-state index contributed by atoms with van der Waals surface area (Å²) < 4.78 is 0. The summed E-state index contributed by atoms with van der Waals surface area (Å²) in [5.74, 6) is 0.956. The van der Waals surface area contributed by atoms with Crippen LogP contribution in [-0.2, 0) is 6.42 Å². The molecule has 1 atom stereocenters. The summed E-state index contributed by atoms with van der Waals surface area (Å²) in [6, 6.07) is 10.6. The van der Waals surface area contributed by atoms with Crippen LogP contribution in [0.5, 0.6) is 0 Å². The largest absolute Gasteiger partial charge is 0.357 e. The van der Waals surface area contributed by atoms with E-state index in [4.69, 9.17) is 11.6 Å². The lowest BCUT2D eigenvalue weighted by atomic mass is 10.1. The van der Waals surface area contributed by atoms with Crippen molar-refractivity contribution in [2.24, 2.45) is 0 Å². The molecule has 0 bridgehead atoms. The summed E-state index contributed by atoms with van der Waals surface area (Å²) in [4.78, 5) is 12.2. The third kappa shape index (κ3) is 4.35. The van der Waals surface area contributed by atoms with E-state index in [0.717, 1.165) is 12.8 Å². The molecule has 2 rings (SSSR count). The Morgan fingerprint density at radius 3 is 2.50 bits per heavy atom. The minimum atomic E-state index is 0.183. The van der Waals surface area contributed by atoms with Gasteiger partial charge in [0.1, 0.15) is 0 Å². The average Bonchev–Trinajstić information content (AvgIpc) is 2.45. The van der Waals surface area contributed by atoms with E-state index in [2.05, 4.69) is 56.8 Å². The second-order valence-electron chi connectivity index (χ2n) is 4.57.